The molecule has 1 fully saturated rings. The number of nitrogens with one attached hydrogen (secondary N) is 1. The normalized spacial score (nSPS) is 18.6. The van der Waals surface area contributed by atoms with Crippen molar-refractivity contribution in [3.63, 3.8) is 0 Å². The predicted molar refractivity (Wildman–Crippen MR) is 109 cm³/mol. The summed E-state index contributed by atoms with van der Waals surface area (Å²) in [5.74, 6) is 0.498. The highest BCUT2D eigenvalue weighted by Crippen LogP contribution is 2.15. The Bertz CT molecular complexity index is 704. The lowest BCUT2D eigenvalue weighted by atomic mass is 10.0. The van der Waals surface area contributed by atoms with Gasteiger partial charge in [0.1, 0.15) is 0 Å². The Hall–Kier alpha value is -1.44. The van der Waals surface area contributed by atoms with Crippen LogP contribution in [0.5, 0.6) is 0 Å². The molecule has 152 valence electrons. The van der Waals surface area contributed by atoms with Crippen LogP contribution in [0.25, 0.3) is 0 Å². The van der Waals surface area contributed by atoms with Crippen LogP contribution in [-0.2, 0) is 21.4 Å². The number of piperidine rings is 1. The van der Waals surface area contributed by atoms with Crippen LogP contribution in [0.3, 0.4) is 0 Å². The predicted octanol–water partition coefficient (Wildman–Crippen LogP) is 1.99. The standard InChI is InChI=1S/C20H33N3O3S/c1-17-7-9-19(10-8-17)15-23(27(3,25)26)16-20(24)21-11-5-13-22-12-4-6-18(2)14-22/h7-10,18H,4-6,11-16H2,1-3H3,(H,21,24). The van der Waals surface area contributed by atoms with E-state index < -0.39 is 10.0 Å². The van der Waals surface area contributed by atoms with Crippen molar-refractivity contribution in [1.82, 2.24) is 14.5 Å². The number of benzene rings is 1. The summed E-state index contributed by atoms with van der Waals surface area (Å²) in [5.41, 5.74) is 1.99. The number of carbonyl (C=O) groups is 1. The van der Waals surface area contributed by atoms with E-state index >= 15 is 0 Å². The van der Waals surface area contributed by atoms with Crippen molar-refractivity contribution < 1.29 is 13.2 Å². The van der Waals surface area contributed by atoms with Crippen LogP contribution >= 0.6 is 0 Å². The molecule has 0 saturated carbocycles. The Morgan fingerprint density at radius 1 is 1.30 bits per heavy atom. The van der Waals surface area contributed by atoms with Gasteiger partial charge in [-0.05, 0) is 50.8 Å². The minimum Gasteiger partial charge on any atom is -0.355 e. The maximum atomic E-state index is 12.2. The van der Waals surface area contributed by atoms with E-state index in [1.807, 2.05) is 31.2 Å². The SMILES string of the molecule is Cc1ccc(CN(CC(=O)NCCCN2CCCC(C)C2)S(C)(=O)=O)cc1. The molecule has 1 aromatic carbocycles. The zero-order valence-corrected chi connectivity index (χ0v) is 17.6. The fraction of sp³-hybridized carbons (Fsp3) is 0.650. The van der Waals surface area contributed by atoms with Gasteiger partial charge < -0.3 is 10.2 Å². The Morgan fingerprint density at radius 3 is 2.63 bits per heavy atom. The molecule has 1 atom stereocenters. The number of amides is 1. The quantitative estimate of drug-likeness (QED) is 0.649. The van der Waals surface area contributed by atoms with Crippen LogP contribution in [-0.4, -0.2) is 62.5 Å². The third-order valence-electron chi connectivity index (χ3n) is 4.98. The summed E-state index contributed by atoms with van der Waals surface area (Å²) in [4.78, 5) is 14.7. The van der Waals surface area contributed by atoms with Crippen LogP contribution in [0.15, 0.2) is 24.3 Å². The number of rotatable bonds is 9. The third-order valence-corrected chi connectivity index (χ3v) is 6.18. The molecule has 7 heteroatoms. The first kappa shape index (κ1) is 21.9. The van der Waals surface area contributed by atoms with E-state index in [9.17, 15) is 13.2 Å². The molecule has 1 N–H and O–H groups in total. The molecule has 0 aromatic heterocycles. The Kier molecular flexibility index (Phi) is 8.26. The molecule has 1 aliphatic rings. The molecule has 2 rings (SSSR count). The van der Waals surface area contributed by atoms with Gasteiger partial charge in [-0.1, -0.05) is 36.8 Å². The number of carbonyl (C=O) groups excluding carboxylic acids is 1. The summed E-state index contributed by atoms with van der Waals surface area (Å²) in [6, 6.07) is 7.67. The van der Waals surface area contributed by atoms with Crippen molar-refractivity contribution in [2.45, 2.75) is 39.7 Å². The second kappa shape index (κ2) is 10.2. The van der Waals surface area contributed by atoms with Crippen LogP contribution < -0.4 is 5.32 Å². The van der Waals surface area contributed by atoms with Crippen LogP contribution in [0, 0.1) is 12.8 Å². The van der Waals surface area contributed by atoms with E-state index in [0.717, 1.165) is 49.4 Å². The Morgan fingerprint density at radius 2 is 2.00 bits per heavy atom. The monoisotopic (exact) mass is 395 g/mol. The summed E-state index contributed by atoms with van der Waals surface area (Å²) in [6.45, 7) is 8.14. The first-order chi connectivity index (χ1) is 12.7. The van der Waals surface area contributed by atoms with Gasteiger partial charge in [0.2, 0.25) is 15.9 Å². The lowest BCUT2D eigenvalue weighted by molar-refractivity contribution is -0.121. The van der Waals surface area contributed by atoms with Gasteiger partial charge in [0.15, 0.2) is 0 Å². The number of aryl methyl sites for hydroxylation is 1. The van der Waals surface area contributed by atoms with Gasteiger partial charge >= 0.3 is 0 Å². The smallest absolute Gasteiger partial charge is 0.235 e. The number of sulfonamides is 1. The van der Waals surface area contributed by atoms with E-state index in [-0.39, 0.29) is 19.0 Å². The van der Waals surface area contributed by atoms with Gasteiger partial charge in [-0.15, -0.1) is 0 Å². The highest BCUT2D eigenvalue weighted by atomic mass is 32.2. The van der Waals surface area contributed by atoms with Gasteiger partial charge in [-0.25, -0.2) is 8.42 Å². The third kappa shape index (κ3) is 7.99. The van der Waals surface area contributed by atoms with Gasteiger partial charge in [0.05, 0.1) is 12.8 Å². The van der Waals surface area contributed by atoms with E-state index in [0.29, 0.717) is 6.54 Å². The summed E-state index contributed by atoms with van der Waals surface area (Å²) >= 11 is 0. The van der Waals surface area contributed by atoms with Crippen molar-refractivity contribution in [1.29, 1.82) is 0 Å². The van der Waals surface area contributed by atoms with Gasteiger partial charge in [0, 0.05) is 19.6 Å². The average Bonchev–Trinajstić information content (AvgIpc) is 2.59. The molecular formula is C20H33N3O3S. The Labute approximate surface area is 164 Å². The molecule has 1 aliphatic heterocycles. The summed E-state index contributed by atoms with van der Waals surface area (Å²) < 4.78 is 25.3. The van der Waals surface area contributed by atoms with Crippen molar-refractivity contribution in [2.75, 3.05) is 39.0 Å². The largest absolute Gasteiger partial charge is 0.355 e. The van der Waals surface area contributed by atoms with E-state index in [4.69, 9.17) is 0 Å². The van der Waals surface area contributed by atoms with Crippen molar-refractivity contribution in [3.8, 4) is 0 Å². The number of hydrogen-bond donors (Lipinski definition) is 1. The van der Waals surface area contributed by atoms with Crippen molar-refractivity contribution in [3.05, 3.63) is 35.4 Å². The molecule has 1 unspecified atom stereocenters. The summed E-state index contributed by atoms with van der Waals surface area (Å²) in [5, 5.41) is 2.86. The van der Waals surface area contributed by atoms with Crippen LogP contribution in [0.2, 0.25) is 0 Å². The minimum atomic E-state index is -3.46. The number of hydrogen-bond acceptors (Lipinski definition) is 4. The molecule has 0 spiro atoms. The Balaban J connectivity index is 1.77. The van der Waals surface area contributed by atoms with Crippen LogP contribution in [0.1, 0.15) is 37.3 Å². The highest BCUT2D eigenvalue weighted by Gasteiger charge is 2.20. The lowest BCUT2D eigenvalue weighted by Crippen LogP contribution is -2.41. The molecule has 1 heterocycles. The van der Waals surface area contributed by atoms with Gasteiger partial charge in [-0.3, -0.25) is 4.79 Å². The zero-order valence-electron chi connectivity index (χ0n) is 16.8. The van der Waals surface area contributed by atoms with Crippen molar-refractivity contribution >= 4 is 15.9 Å². The average molecular weight is 396 g/mol. The lowest BCUT2D eigenvalue weighted by Gasteiger charge is -2.30. The molecule has 27 heavy (non-hydrogen) atoms. The van der Waals surface area contributed by atoms with E-state index in [1.54, 1.807) is 0 Å². The molecule has 0 aliphatic carbocycles. The summed E-state index contributed by atoms with van der Waals surface area (Å²) in [7, 11) is -3.46. The highest BCUT2D eigenvalue weighted by molar-refractivity contribution is 7.88. The molecule has 0 radical (unpaired) electrons. The molecule has 1 saturated heterocycles. The molecule has 1 amide bonds. The fourth-order valence-corrected chi connectivity index (χ4v) is 4.16. The fourth-order valence-electron chi connectivity index (χ4n) is 3.42. The minimum absolute atomic E-state index is 0.145. The zero-order chi connectivity index (χ0) is 19.9. The molecule has 6 nitrogen and oxygen atoms in total. The number of nitrogens with zero attached hydrogens (tertiary/aromatic N) is 2. The van der Waals surface area contributed by atoms with Gasteiger partial charge in [-0.2, -0.15) is 4.31 Å². The topological polar surface area (TPSA) is 69.7 Å². The second-order valence-electron chi connectivity index (χ2n) is 7.77. The molecule has 0 bridgehead atoms. The number of likely N-dealkylation sites (tertiary alicyclic amines) is 1. The molecular weight excluding hydrogens is 362 g/mol. The maximum absolute atomic E-state index is 12.2. The molecule has 1 aromatic rings. The van der Waals surface area contributed by atoms with Crippen molar-refractivity contribution in [2.24, 2.45) is 5.92 Å². The van der Waals surface area contributed by atoms with E-state index in [2.05, 4.69) is 17.1 Å². The maximum Gasteiger partial charge on any atom is 0.235 e. The first-order valence-electron chi connectivity index (χ1n) is 9.74. The van der Waals surface area contributed by atoms with E-state index in [1.165, 1.54) is 17.1 Å². The second-order valence-corrected chi connectivity index (χ2v) is 9.75. The summed E-state index contributed by atoms with van der Waals surface area (Å²) in [6.07, 6.45) is 4.58. The first-order valence-corrected chi connectivity index (χ1v) is 11.6. The van der Waals surface area contributed by atoms with Gasteiger partial charge in [0.25, 0.3) is 0 Å². The van der Waals surface area contributed by atoms with Crippen LogP contribution in [0.4, 0.5) is 0 Å².